The van der Waals surface area contributed by atoms with Gasteiger partial charge in [-0.3, -0.25) is 4.99 Å². The number of nitrogens with zero attached hydrogens (tertiary/aromatic N) is 4. The zero-order chi connectivity index (χ0) is 18.4. The molecule has 1 saturated heterocycles. The first-order valence-electron chi connectivity index (χ1n) is 8.73. The zero-order valence-electron chi connectivity index (χ0n) is 14.8. The van der Waals surface area contributed by atoms with Gasteiger partial charge in [0.2, 0.25) is 0 Å². The van der Waals surface area contributed by atoms with Gasteiger partial charge in [-0.25, -0.2) is 13.8 Å². The van der Waals surface area contributed by atoms with Crippen LogP contribution in [-0.4, -0.2) is 55.6 Å². The smallest absolute Gasteiger partial charge is 0.193 e. The highest BCUT2D eigenvalue weighted by Crippen LogP contribution is 2.13. The second-order valence-corrected chi connectivity index (χ2v) is 6.09. The molecule has 2 aromatic rings. The minimum atomic E-state index is -0.509. The van der Waals surface area contributed by atoms with Gasteiger partial charge in [0, 0.05) is 51.5 Å². The minimum Gasteiger partial charge on any atom is -0.356 e. The number of anilines is 1. The van der Waals surface area contributed by atoms with E-state index < -0.39 is 11.6 Å². The minimum absolute atomic E-state index is 0.107. The van der Waals surface area contributed by atoms with Crippen LogP contribution in [0.2, 0.25) is 0 Å². The van der Waals surface area contributed by atoms with Crippen molar-refractivity contribution in [1.29, 1.82) is 0 Å². The largest absolute Gasteiger partial charge is 0.356 e. The molecule has 138 valence electrons. The van der Waals surface area contributed by atoms with E-state index in [0.29, 0.717) is 6.54 Å². The molecule has 0 saturated carbocycles. The summed E-state index contributed by atoms with van der Waals surface area (Å²) in [6, 6.07) is 9.84. The van der Waals surface area contributed by atoms with E-state index in [4.69, 9.17) is 0 Å². The zero-order valence-corrected chi connectivity index (χ0v) is 14.8. The van der Waals surface area contributed by atoms with E-state index in [1.807, 2.05) is 18.2 Å². The Balaban J connectivity index is 1.51. The van der Waals surface area contributed by atoms with Crippen LogP contribution in [0, 0.1) is 11.6 Å². The summed E-state index contributed by atoms with van der Waals surface area (Å²) in [4.78, 5) is 13.1. The predicted molar refractivity (Wildman–Crippen MR) is 99.4 cm³/mol. The average Bonchev–Trinajstić information content (AvgIpc) is 2.68. The fourth-order valence-corrected chi connectivity index (χ4v) is 3.09. The molecule has 1 aromatic heterocycles. The van der Waals surface area contributed by atoms with E-state index in [1.165, 1.54) is 18.2 Å². The molecule has 0 amide bonds. The number of rotatable bonds is 4. The van der Waals surface area contributed by atoms with Gasteiger partial charge in [-0.2, -0.15) is 0 Å². The van der Waals surface area contributed by atoms with Crippen LogP contribution >= 0.6 is 0 Å². The third-order valence-corrected chi connectivity index (χ3v) is 4.48. The molecule has 1 aliphatic rings. The molecule has 0 radical (unpaired) electrons. The number of halogens is 2. The van der Waals surface area contributed by atoms with Gasteiger partial charge in [-0.05, 0) is 30.7 Å². The summed E-state index contributed by atoms with van der Waals surface area (Å²) >= 11 is 0. The molecular formula is C19H23F2N5. The van der Waals surface area contributed by atoms with E-state index in [0.717, 1.165) is 38.0 Å². The molecule has 26 heavy (non-hydrogen) atoms. The van der Waals surface area contributed by atoms with Gasteiger partial charge in [0.15, 0.2) is 5.96 Å². The normalized spacial score (nSPS) is 15.3. The van der Waals surface area contributed by atoms with Crippen molar-refractivity contribution in [3.8, 4) is 0 Å². The molecule has 2 heterocycles. The van der Waals surface area contributed by atoms with E-state index in [2.05, 4.69) is 25.1 Å². The Kier molecular flexibility index (Phi) is 5.99. The van der Waals surface area contributed by atoms with Crippen molar-refractivity contribution in [2.75, 3.05) is 44.7 Å². The van der Waals surface area contributed by atoms with E-state index in [1.54, 1.807) is 13.2 Å². The van der Waals surface area contributed by atoms with Crippen LogP contribution in [0.1, 0.15) is 5.56 Å². The Labute approximate surface area is 152 Å². The number of hydrogen-bond acceptors (Lipinski definition) is 3. The number of aromatic nitrogens is 1. The van der Waals surface area contributed by atoms with Crippen molar-refractivity contribution < 1.29 is 8.78 Å². The lowest BCUT2D eigenvalue weighted by Crippen LogP contribution is -2.53. The van der Waals surface area contributed by atoms with Crippen LogP contribution in [0.5, 0.6) is 0 Å². The molecule has 1 N–H and O–H groups in total. The first-order chi connectivity index (χ1) is 12.7. The summed E-state index contributed by atoms with van der Waals surface area (Å²) in [5.74, 6) is 0.712. The topological polar surface area (TPSA) is 43.8 Å². The summed E-state index contributed by atoms with van der Waals surface area (Å²) in [6.45, 7) is 3.74. The fraction of sp³-hybridized carbons (Fsp3) is 0.368. The summed E-state index contributed by atoms with van der Waals surface area (Å²) in [7, 11) is 1.72. The fourth-order valence-electron chi connectivity index (χ4n) is 3.09. The van der Waals surface area contributed by atoms with E-state index in [-0.39, 0.29) is 12.0 Å². The number of guanidine groups is 1. The number of piperazine rings is 1. The number of benzene rings is 1. The monoisotopic (exact) mass is 359 g/mol. The molecule has 0 spiro atoms. The van der Waals surface area contributed by atoms with Gasteiger partial charge in [-0.1, -0.05) is 12.1 Å². The molecule has 3 rings (SSSR count). The van der Waals surface area contributed by atoms with Crippen molar-refractivity contribution in [3.05, 3.63) is 59.8 Å². The lowest BCUT2D eigenvalue weighted by molar-refractivity contribution is 0.371. The van der Waals surface area contributed by atoms with Crippen LogP contribution in [0.4, 0.5) is 14.6 Å². The summed E-state index contributed by atoms with van der Waals surface area (Å²) in [5, 5.41) is 3.21. The Bertz CT molecular complexity index is 723. The highest BCUT2D eigenvalue weighted by atomic mass is 19.1. The molecule has 0 unspecified atom stereocenters. The lowest BCUT2D eigenvalue weighted by atomic mass is 10.1. The van der Waals surface area contributed by atoms with E-state index in [9.17, 15) is 8.78 Å². The quantitative estimate of drug-likeness (QED) is 0.672. The molecule has 1 aromatic carbocycles. The maximum atomic E-state index is 13.7. The number of hydrogen-bond donors (Lipinski definition) is 1. The predicted octanol–water partition coefficient (Wildman–Crippen LogP) is 2.30. The number of nitrogens with one attached hydrogen (secondary N) is 1. The molecule has 5 nitrogen and oxygen atoms in total. The Morgan fingerprint density at radius 1 is 1.08 bits per heavy atom. The molecular weight excluding hydrogens is 336 g/mol. The van der Waals surface area contributed by atoms with Gasteiger partial charge >= 0.3 is 0 Å². The molecule has 1 aliphatic heterocycles. The Morgan fingerprint density at radius 3 is 2.42 bits per heavy atom. The van der Waals surface area contributed by atoms with Crippen LogP contribution < -0.4 is 10.2 Å². The van der Waals surface area contributed by atoms with Gasteiger partial charge in [0.25, 0.3) is 0 Å². The van der Waals surface area contributed by atoms with Gasteiger partial charge < -0.3 is 15.1 Å². The van der Waals surface area contributed by atoms with Crippen LogP contribution in [0.15, 0.2) is 47.6 Å². The van der Waals surface area contributed by atoms with E-state index >= 15 is 0 Å². The number of pyridine rings is 1. The van der Waals surface area contributed by atoms with Crippen LogP contribution in [0.25, 0.3) is 0 Å². The molecule has 0 aliphatic carbocycles. The highest BCUT2D eigenvalue weighted by molar-refractivity contribution is 5.80. The average molecular weight is 359 g/mol. The second-order valence-electron chi connectivity index (χ2n) is 6.09. The Morgan fingerprint density at radius 2 is 1.81 bits per heavy atom. The maximum Gasteiger partial charge on any atom is 0.193 e. The highest BCUT2D eigenvalue weighted by Gasteiger charge is 2.20. The lowest BCUT2D eigenvalue weighted by Gasteiger charge is -2.37. The maximum absolute atomic E-state index is 13.7. The van der Waals surface area contributed by atoms with Gasteiger partial charge in [-0.15, -0.1) is 0 Å². The van der Waals surface area contributed by atoms with Gasteiger partial charge in [0.1, 0.15) is 17.5 Å². The number of aliphatic imine (C=N–C) groups is 1. The first kappa shape index (κ1) is 18.1. The first-order valence-corrected chi connectivity index (χ1v) is 8.73. The van der Waals surface area contributed by atoms with Crippen molar-refractivity contribution >= 4 is 11.8 Å². The van der Waals surface area contributed by atoms with Crippen molar-refractivity contribution in [2.45, 2.75) is 6.42 Å². The summed E-state index contributed by atoms with van der Waals surface area (Å²) in [5.41, 5.74) is 0.107. The second kappa shape index (κ2) is 8.60. The standard InChI is InChI=1S/C19H23F2N5/c1-22-19(24-10-8-15-16(20)5-4-6-17(15)21)26-13-11-25(12-14-26)18-7-2-3-9-23-18/h2-7,9H,8,10-14H2,1H3,(H,22,24). The third kappa shape index (κ3) is 4.28. The molecule has 0 bridgehead atoms. The van der Waals surface area contributed by atoms with Crippen molar-refractivity contribution in [2.24, 2.45) is 4.99 Å². The molecule has 1 fully saturated rings. The Hall–Kier alpha value is -2.70. The van der Waals surface area contributed by atoms with Crippen LogP contribution in [0.3, 0.4) is 0 Å². The molecule has 7 heteroatoms. The SMILES string of the molecule is CN=C(NCCc1c(F)cccc1F)N1CCN(c2ccccn2)CC1. The summed E-state index contributed by atoms with van der Waals surface area (Å²) in [6.07, 6.45) is 2.06. The molecule has 0 atom stereocenters. The summed E-state index contributed by atoms with van der Waals surface area (Å²) < 4.78 is 27.4. The van der Waals surface area contributed by atoms with Gasteiger partial charge in [0.05, 0.1) is 0 Å². The third-order valence-electron chi connectivity index (χ3n) is 4.48. The van der Waals surface area contributed by atoms with Crippen molar-refractivity contribution in [3.63, 3.8) is 0 Å². The van der Waals surface area contributed by atoms with Crippen LogP contribution in [-0.2, 0) is 6.42 Å². The van der Waals surface area contributed by atoms with Crippen molar-refractivity contribution in [1.82, 2.24) is 15.2 Å².